The van der Waals surface area contributed by atoms with Gasteiger partial charge >= 0.3 is 0 Å². The van der Waals surface area contributed by atoms with E-state index >= 15 is 0 Å². The number of hydrogen-bond acceptors (Lipinski definition) is 1. The molecule has 0 saturated carbocycles. The van der Waals surface area contributed by atoms with E-state index in [1.54, 1.807) is 0 Å². The zero-order valence-electron chi connectivity index (χ0n) is 16.9. The summed E-state index contributed by atoms with van der Waals surface area (Å²) in [6.07, 6.45) is 0. The molecular formula is C28H19NO. The number of aromatic nitrogens is 1. The van der Waals surface area contributed by atoms with Crippen molar-refractivity contribution in [2.75, 3.05) is 0 Å². The highest BCUT2D eigenvalue weighted by Crippen LogP contribution is 2.52. The van der Waals surface area contributed by atoms with Gasteiger partial charge in [0.25, 0.3) is 5.56 Å². The topological polar surface area (TPSA) is 21.5 Å². The number of para-hydroxylation sites is 1. The molecule has 1 aliphatic rings. The molecule has 0 spiro atoms. The molecule has 142 valence electrons. The first-order valence-corrected chi connectivity index (χ1v) is 10.4. The van der Waals surface area contributed by atoms with Crippen molar-refractivity contribution in [3.63, 3.8) is 0 Å². The Kier molecular flexibility index (Phi) is 2.74. The van der Waals surface area contributed by atoms with Crippen LogP contribution < -0.4 is 5.56 Å². The predicted molar refractivity (Wildman–Crippen MR) is 125 cm³/mol. The second kappa shape index (κ2) is 5.09. The Morgan fingerprint density at radius 3 is 2.07 bits per heavy atom. The maximum atomic E-state index is 13.8. The Labute approximate surface area is 173 Å². The summed E-state index contributed by atoms with van der Waals surface area (Å²) >= 11 is 0. The minimum absolute atomic E-state index is 0.0693. The van der Waals surface area contributed by atoms with Crippen LogP contribution in [0.3, 0.4) is 0 Å². The SMILES string of the molecule is CC1(C)c2ccccc2-c2c1ccc1c3cccc4c5ccccc5c(=O)n(c21)c43. The van der Waals surface area contributed by atoms with Crippen LogP contribution in [-0.4, -0.2) is 4.40 Å². The van der Waals surface area contributed by atoms with Gasteiger partial charge in [0.2, 0.25) is 0 Å². The maximum Gasteiger partial charge on any atom is 0.263 e. The Bertz CT molecular complexity index is 1740. The molecule has 2 aromatic heterocycles. The van der Waals surface area contributed by atoms with E-state index in [1.165, 1.54) is 22.3 Å². The van der Waals surface area contributed by atoms with Crippen molar-refractivity contribution in [3.05, 3.63) is 100 Å². The van der Waals surface area contributed by atoms with Gasteiger partial charge in [0.15, 0.2) is 0 Å². The Morgan fingerprint density at radius 1 is 0.600 bits per heavy atom. The first kappa shape index (κ1) is 16.2. The zero-order chi connectivity index (χ0) is 20.2. The van der Waals surface area contributed by atoms with Crippen molar-refractivity contribution in [2.24, 2.45) is 0 Å². The molecule has 1 aliphatic carbocycles. The number of fused-ring (bicyclic) bond motifs is 9. The second-order valence-corrected chi connectivity index (χ2v) is 8.94. The number of hydrogen-bond donors (Lipinski definition) is 0. The van der Waals surface area contributed by atoms with E-state index < -0.39 is 0 Å². The Hall–Kier alpha value is -3.65. The van der Waals surface area contributed by atoms with Gasteiger partial charge in [-0.25, -0.2) is 0 Å². The van der Waals surface area contributed by atoms with E-state index in [-0.39, 0.29) is 11.0 Å². The minimum atomic E-state index is -0.0880. The fourth-order valence-electron chi connectivity index (χ4n) is 5.78. The van der Waals surface area contributed by atoms with Crippen molar-refractivity contribution in [1.82, 2.24) is 4.40 Å². The summed E-state index contributed by atoms with van der Waals surface area (Å²) in [5.41, 5.74) is 7.14. The number of benzene rings is 4. The quantitative estimate of drug-likeness (QED) is 0.273. The van der Waals surface area contributed by atoms with Crippen molar-refractivity contribution < 1.29 is 0 Å². The average Bonchev–Trinajstić information content (AvgIpc) is 3.23. The van der Waals surface area contributed by atoms with Gasteiger partial charge in [-0.05, 0) is 28.1 Å². The molecule has 0 bridgehead atoms. The van der Waals surface area contributed by atoms with Gasteiger partial charge in [0, 0.05) is 32.5 Å². The van der Waals surface area contributed by atoms with Crippen molar-refractivity contribution in [3.8, 4) is 11.1 Å². The third kappa shape index (κ3) is 1.66. The van der Waals surface area contributed by atoms with E-state index in [0.29, 0.717) is 0 Å². The normalized spacial score (nSPS) is 14.7. The fourth-order valence-corrected chi connectivity index (χ4v) is 5.78. The van der Waals surface area contributed by atoms with Crippen LogP contribution in [0.25, 0.3) is 49.1 Å². The largest absolute Gasteiger partial charge is 0.274 e. The molecule has 2 nitrogen and oxygen atoms in total. The molecule has 0 fully saturated rings. The van der Waals surface area contributed by atoms with Crippen LogP contribution in [0, 0.1) is 0 Å². The van der Waals surface area contributed by atoms with Crippen LogP contribution in [0.2, 0.25) is 0 Å². The van der Waals surface area contributed by atoms with Gasteiger partial charge in [-0.2, -0.15) is 0 Å². The van der Waals surface area contributed by atoms with E-state index in [4.69, 9.17) is 0 Å². The molecule has 0 aliphatic heterocycles. The highest BCUT2D eigenvalue weighted by atomic mass is 16.1. The molecule has 2 heteroatoms. The van der Waals surface area contributed by atoms with Gasteiger partial charge in [0.1, 0.15) is 0 Å². The molecule has 4 aromatic carbocycles. The van der Waals surface area contributed by atoms with Crippen molar-refractivity contribution in [2.45, 2.75) is 19.3 Å². The van der Waals surface area contributed by atoms with Crippen LogP contribution in [0.1, 0.15) is 25.0 Å². The molecule has 0 N–H and O–H groups in total. The van der Waals surface area contributed by atoms with Crippen LogP contribution in [0.15, 0.2) is 83.7 Å². The zero-order valence-corrected chi connectivity index (χ0v) is 16.9. The standard InChI is InChI=1S/C28H19NO/c1-28(2)22-13-6-5-10-21(22)24-23(28)15-14-19-18-12-7-11-17-16-8-3-4-9-20(16)27(30)29(25(17)18)26(19)24/h3-15H,1-2H3. The molecule has 30 heavy (non-hydrogen) atoms. The van der Waals surface area contributed by atoms with Crippen LogP contribution in [0.5, 0.6) is 0 Å². The Morgan fingerprint density at radius 2 is 1.23 bits per heavy atom. The molecule has 7 rings (SSSR count). The molecule has 0 amide bonds. The lowest BCUT2D eigenvalue weighted by Gasteiger charge is -2.21. The molecule has 6 aromatic rings. The molecule has 2 heterocycles. The lowest BCUT2D eigenvalue weighted by molar-refractivity contribution is 0.661. The number of nitrogens with zero attached hydrogens (tertiary/aromatic N) is 1. The summed E-state index contributed by atoms with van der Waals surface area (Å²) in [5, 5.41) is 5.24. The average molecular weight is 385 g/mol. The lowest BCUT2D eigenvalue weighted by atomic mass is 9.82. The van der Waals surface area contributed by atoms with Gasteiger partial charge < -0.3 is 0 Å². The smallest absolute Gasteiger partial charge is 0.263 e. The summed E-state index contributed by atoms with van der Waals surface area (Å²) in [6, 6.07) is 27.5. The molecule has 0 radical (unpaired) electrons. The molecular weight excluding hydrogens is 366 g/mol. The summed E-state index contributed by atoms with van der Waals surface area (Å²) < 4.78 is 1.99. The minimum Gasteiger partial charge on any atom is -0.274 e. The van der Waals surface area contributed by atoms with Crippen molar-refractivity contribution >= 4 is 38.0 Å². The summed E-state index contributed by atoms with van der Waals surface area (Å²) in [7, 11) is 0. The van der Waals surface area contributed by atoms with E-state index in [0.717, 1.165) is 38.0 Å². The summed E-state index contributed by atoms with van der Waals surface area (Å²) in [6.45, 7) is 4.57. The van der Waals surface area contributed by atoms with Gasteiger partial charge in [-0.3, -0.25) is 9.20 Å². The highest BCUT2D eigenvalue weighted by Gasteiger charge is 2.37. The van der Waals surface area contributed by atoms with Gasteiger partial charge in [0.05, 0.1) is 11.0 Å². The van der Waals surface area contributed by atoms with Crippen LogP contribution in [-0.2, 0) is 5.41 Å². The first-order valence-electron chi connectivity index (χ1n) is 10.4. The van der Waals surface area contributed by atoms with Gasteiger partial charge in [-0.1, -0.05) is 86.6 Å². The van der Waals surface area contributed by atoms with Crippen LogP contribution >= 0.6 is 0 Å². The molecule has 0 atom stereocenters. The van der Waals surface area contributed by atoms with Crippen molar-refractivity contribution in [1.29, 1.82) is 0 Å². The predicted octanol–water partition coefficient (Wildman–Crippen LogP) is 6.50. The van der Waals surface area contributed by atoms with Crippen LogP contribution in [0.4, 0.5) is 0 Å². The van der Waals surface area contributed by atoms with E-state index in [9.17, 15) is 4.79 Å². The maximum absolute atomic E-state index is 13.8. The third-order valence-corrected chi connectivity index (χ3v) is 7.15. The first-order chi connectivity index (χ1) is 14.6. The Balaban J connectivity index is 1.86. The van der Waals surface area contributed by atoms with E-state index in [1.807, 2.05) is 22.6 Å². The molecule has 0 saturated heterocycles. The second-order valence-electron chi connectivity index (χ2n) is 8.94. The molecule has 0 unspecified atom stereocenters. The monoisotopic (exact) mass is 385 g/mol. The van der Waals surface area contributed by atoms with E-state index in [2.05, 4.69) is 74.5 Å². The lowest BCUT2D eigenvalue weighted by Crippen LogP contribution is -2.15. The number of pyridine rings is 1. The van der Waals surface area contributed by atoms with Gasteiger partial charge in [-0.15, -0.1) is 0 Å². The summed E-state index contributed by atoms with van der Waals surface area (Å²) in [5.74, 6) is 0. The fraction of sp³-hybridized carbons (Fsp3) is 0.107. The summed E-state index contributed by atoms with van der Waals surface area (Å²) in [4.78, 5) is 13.8. The highest BCUT2D eigenvalue weighted by molar-refractivity contribution is 6.22. The number of rotatable bonds is 0. The third-order valence-electron chi connectivity index (χ3n) is 7.15.